The van der Waals surface area contributed by atoms with Crippen molar-refractivity contribution < 1.29 is 19.1 Å². The summed E-state index contributed by atoms with van der Waals surface area (Å²) in [6.45, 7) is 4.61. The van der Waals surface area contributed by atoms with Crippen LogP contribution in [0.15, 0.2) is 0 Å². The van der Waals surface area contributed by atoms with E-state index in [1.165, 1.54) is 0 Å². The van der Waals surface area contributed by atoms with Crippen LogP contribution in [0.2, 0.25) is 0 Å². The van der Waals surface area contributed by atoms with E-state index in [9.17, 15) is 9.59 Å². The predicted molar refractivity (Wildman–Crippen MR) is 73.1 cm³/mol. The Kier molecular flexibility index (Phi) is 5.37. The Balaban J connectivity index is 1.96. The van der Waals surface area contributed by atoms with Crippen LogP contribution in [0.4, 0.5) is 0 Å². The summed E-state index contributed by atoms with van der Waals surface area (Å²) >= 11 is 0. The van der Waals surface area contributed by atoms with Crippen molar-refractivity contribution in [3.05, 3.63) is 0 Å². The highest BCUT2D eigenvalue weighted by molar-refractivity contribution is 5.79. The Bertz CT molecular complexity index is 361. The highest BCUT2D eigenvalue weighted by Gasteiger charge is 2.42. The minimum absolute atomic E-state index is 0.0609. The van der Waals surface area contributed by atoms with E-state index < -0.39 is 0 Å². The van der Waals surface area contributed by atoms with Crippen molar-refractivity contribution in [1.29, 1.82) is 0 Å². The van der Waals surface area contributed by atoms with Gasteiger partial charge < -0.3 is 19.7 Å². The zero-order valence-corrected chi connectivity index (χ0v) is 12.3. The third-order valence-electron chi connectivity index (χ3n) is 4.26. The van der Waals surface area contributed by atoms with Gasteiger partial charge in [0.2, 0.25) is 11.8 Å². The van der Waals surface area contributed by atoms with Gasteiger partial charge in [0.05, 0.1) is 12.7 Å². The molecule has 2 rings (SSSR count). The largest absolute Gasteiger partial charge is 0.383 e. The van der Waals surface area contributed by atoms with E-state index in [-0.39, 0.29) is 29.8 Å². The number of amides is 2. The van der Waals surface area contributed by atoms with Gasteiger partial charge in [0.15, 0.2) is 0 Å². The van der Waals surface area contributed by atoms with Crippen LogP contribution >= 0.6 is 0 Å². The molecule has 2 saturated heterocycles. The standard InChI is InChI=1S/C14H24N2O4/c1-10(17)16-6-3-13-12(9-16)11(4-7-20-13)14(18)15-5-8-19-2/h11-13H,3-9H2,1-2H3,(H,15,18)/t11-,12-,13-/m1/s1. The Labute approximate surface area is 119 Å². The van der Waals surface area contributed by atoms with E-state index in [1.807, 2.05) is 4.90 Å². The molecule has 0 saturated carbocycles. The highest BCUT2D eigenvalue weighted by Crippen LogP contribution is 2.33. The minimum atomic E-state index is -0.0623. The van der Waals surface area contributed by atoms with Crippen molar-refractivity contribution in [2.45, 2.75) is 25.9 Å². The first kappa shape index (κ1) is 15.3. The molecule has 6 heteroatoms. The van der Waals surface area contributed by atoms with Gasteiger partial charge in [-0.3, -0.25) is 9.59 Å². The summed E-state index contributed by atoms with van der Waals surface area (Å²) in [5.74, 6) is 0.190. The van der Waals surface area contributed by atoms with E-state index in [2.05, 4.69) is 5.32 Å². The van der Waals surface area contributed by atoms with Gasteiger partial charge >= 0.3 is 0 Å². The van der Waals surface area contributed by atoms with E-state index in [1.54, 1.807) is 14.0 Å². The third-order valence-corrected chi connectivity index (χ3v) is 4.26. The molecular weight excluding hydrogens is 260 g/mol. The molecule has 2 amide bonds. The SMILES string of the molecule is COCCNC(=O)[C@@H]1CCO[C@@H]2CCN(C(C)=O)C[C@@H]21. The van der Waals surface area contributed by atoms with Crippen LogP contribution in [0.3, 0.4) is 0 Å². The topological polar surface area (TPSA) is 67.9 Å². The number of fused-ring (bicyclic) bond motifs is 1. The van der Waals surface area contributed by atoms with Gasteiger partial charge in [-0.1, -0.05) is 0 Å². The fourth-order valence-corrected chi connectivity index (χ4v) is 3.13. The summed E-state index contributed by atoms with van der Waals surface area (Å²) in [5, 5.41) is 2.91. The Morgan fingerprint density at radius 1 is 1.40 bits per heavy atom. The van der Waals surface area contributed by atoms with Gasteiger partial charge in [0.25, 0.3) is 0 Å². The molecule has 3 atom stereocenters. The molecule has 2 aliphatic heterocycles. The van der Waals surface area contributed by atoms with Gasteiger partial charge in [-0.25, -0.2) is 0 Å². The lowest BCUT2D eigenvalue weighted by Gasteiger charge is -2.44. The van der Waals surface area contributed by atoms with Gasteiger partial charge in [0.1, 0.15) is 0 Å². The van der Waals surface area contributed by atoms with Gasteiger partial charge in [-0.05, 0) is 12.8 Å². The number of piperidine rings is 1. The van der Waals surface area contributed by atoms with Crippen molar-refractivity contribution in [3.63, 3.8) is 0 Å². The number of carbonyl (C=O) groups is 2. The molecular formula is C14H24N2O4. The first-order chi connectivity index (χ1) is 9.63. The number of nitrogens with zero attached hydrogens (tertiary/aromatic N) is 1. The van der Waals surface area contributed by atoms with Crippen molar-refractivity contribution in [2.24, 2.45) is 11.8 Å². The molecule has 0 unspecified atom stereocenters. The van der Waals surface area contributed by atoms with E-state index in [0.29, 0.717) is 26.3 Å². The lowest BCUT2D eigenvalue weighted by molar-refractivity contribution is -0.149. The molecule has 20 heavy (non-hydrogen) atoms. The van der Waals surface area contributed by atoms with Crippen LogP contribution in [0, 0.1) is 11.8 Å². The monoisotopic (exact) mass is 284 g/mol. The quantitative estimate of drug-likeness (QED) is 0.739. The maximum Gasteiger partial charge on any atom is 0.223 e. The molecule has 0 spiro atoms. The molecule has 2 aliphatic rings. The van der Waals surface area contributed by atoms with Crippen molar-refractivity contribution in [3.8, 4) is 0 Å². The third kappa shape index (κ3) is 3.49. The van der Waals surface area contributed by atoms with Gasteiger partial charge in [-0.2, -0.15) is 0 Å². The molecule has 6 nitrogen and oxygen atoms in total. The molecule has 0 bridgehead atoms. The number of ether oxygens (including phenoxy) is 2. The van der Waals surface area contributed by atoms with Crippen LogP contribution in [0.5, 0.6) is 0 Å². The maximum atomic E-state index is 12.3. The zero-order chi connectivity index (χ0) is 14.5. The molecule has 0 radical (unpaired) electrons. The fourth-order valence-electron chi connectivity index (χ4n) is 3.13. The Morgan fingerprint density at radius 2 is 2.20 bits per heavy atom. The first-order valence-corrected chi connectivity index (χ1v) is 7.27. The second-order valence-corrected chi connectivity index (χ2v) is 5.51. The number of likely N-dealkylation sites (tertiary alicyclic amines) is 1. The summed E-state index contributed by atoms with van der Waals surface area (Å²) in [6, 6.07) is 0. The molecule has 0 aromatic carbocycles. The predicted octanol–water partition coefficient (Wildman–Crippen LogP) is 0.0225. The number of methoxy groups -OCH3 is 1. The number of carbonyl (C=O) groups excluding carboxylic acids is 2. The summed E-state index contributed by atoms with van der Waals surface area (Å²) < 4.78 is 10.7. The van der Waals surface area contributed by atoms with E-state index in [4.69, 9.17) is 9.47 Å². The molecule has 1 N–H and O–H groups in total. The number of hydrogen-bond donors (Lipinski definition) is 1. The first-order valence-electron chi connectivity index (χ1n) is 7.27. The summed E-state index contributed by atoms with van der Waals surface area (Å²) in [6.07, 6.45) is 1.66. The zero-order valence-electron chi connectivity index (χ0n) is 12.3. The number of nitrogens with one attached hydrogen (secondary N) is 1. The number of hydrogen-bond acceptors (Lipinski definition) is 4. The minimum Gasteiger partial charge on any atom is -0.383 e. The smallest absolute Gasteiger partial charge is 0.223 e. The molecule has 0 aromatic rings. The summed E-state index contributed by atoms with van der Waals surface area (Å²) in [7, 11) is 1.61. The van der Waals surface area contributed by atoms with Crippen LogP contribution in [0.25, 0.3) is 0 Å². The Hall–Kier alpha value is -1.14. The molecule has 0 aliphatic carbocycles. The van der Waals surface area contributed by atoms with E-state index >= 15 is 0 Å². The second-order valence-electron chi connectivity index (χ2n) is 5.51. The van der Waals surface area contributed by atoms with Crippen LogP contribution in [-0.2, 0) is 19.1 Å². The highest BCUT2D eigenvalue weighted by atomic mass is 16.5. The van der Waals surface area contributed by atoms with Crippen LogP contribution in [-0.4, -0.2) is 62.8 Å². The number of rotatable bonds is 4. The molecule has 114 valence electrons. The van der Waals surface area contributed by atoms with Crippen molar-refractivity contribution in [2.75, 3.05) is 40.0 Å². The van der Waals surface area contributed by atoms with Crippen molar-refractivity contribution in [1.82, 2.24) is 10.2 Å². The van der Waals surface area contributed by atoms with Crippen molar-refractivity contribution >= 4 is 11.8 Å². The summed E-state index contributed by atoms with van der Waals surface area (Å²) in [5.41, 5.74) is 0. The average Bonchev–Trinajstić information content (AvgIpc) is 2.46. The fraction of sp³-hybridized carbons (Fsp3) is 0.857. The average molecular weight is 284 g/mol. The lowest BCUT2D eigenvalue weighted by Crippen LogP contribution is -2.54. The van der Waals surface area contributed by atoms with Crippen LogP contribution in [0.1, 0.15) is 19.8 Å². The Morgan fingerprint density at radius 3 is 2.90 bits per heavy atom. The molecule has 0 aromatic heterocycles. The molecule has 2 heterocycles. The van der Waals surface area contributed by atoms with Crippen LogP contribution < -0.4 is 5.32 Å². The second kappa shape index (κ2) is 7.04. The van der Waals surface area contributed by atoms with Gasteiger partial charge in [0, 0.05) is 52.1 Å². The lowest BCUT2D eigenvalue weighted by atomic mass is 9.79. The summed E-state index contributed by atoms with van der Waals surface area (Å²) in [4.78, 5) is 25.6. The maximum absolute atomic E-state index is 12.3. The normalized spacial score (nSPS) is 29.7. The van der Waals surface area contributed by atoms with E-state index in [0.717, 1.165) is 19.4 Å². The van der Waals surface area contributed by atoms with Gasteiger partial charge in [-0.15, -0.1) is 0 Å². The molecule has 2 fully saturated rings.